The number of nitrogens with zero attached hydrogens (tertiary/aromatic N) is 1. The van der Waals surface area contributed by atoms with Crippen LogP contribution in [0, 0.1) is 11.7 Å². The van der Waals surface area contributed by atoms with Crippen molar-refractivity contribution in [1.29, 1.82) is 0 Å². The molecule has 0 spiro atoms. The summed E-state index contributed by atoms with van der Waals surface area (Å²) in [6, 6.07) is 25.1. The highest BCUT2D eigenvalue weighted by Gasteiger charge is 2.48. The summed E-state index contributed by atoms with van der Waals surface area (Å²) in [5.41, 5.74) is 2.38. The van der Waals surface area contributed by atoms with E-state index in [4.69, 9.17) is 0 Å². The lowest BCUT2D eigenvalue weighted by Crippen LogP contribution is -2.55. The van der Waals surface area contributed by atoms with Crippen LogP contribution < -0.4 is 10.2 Å². The number of β-lactam (4-membered cyclic amide) rings is 1. The number of aliphatic hydroxyl groups is 1. The summed E-state index contributed by atoms with van der Waals surface area (Å²) in [6.07, 6.45) is -0.236. The largest absolute Gasteiger partial charge is 0.507 e. The molecule has 0 bridgehead atoms. The van der Waals surface area contributed by atoms with Crippen molar-refractivity contribution in [2.45, 2.75) is 25.0 Å². The molecule has 200 valence electrons. The minimum atomic E-state index is -4.59. The van der Waals surface area contributed by atoms with Crippen molar-refractivity contribution < 1.29 is 33.7 Å². The number of hydrogen-bond acceptors (Lipinski definition) is 4. The number of hydrogen-bond donors (Lipinski definition) is 4. The van der Waals surface area contributed by atoms with Crippen LogP contribution in [-0.4, -0.2) is 25.9 Å². The van der Waals surface area contributed by atoms with Crippen molar-refractivity contribution in [3.05, 3.63) is 114 Å². The third-order valence-electron chi connectivity index (χ3n) is 7.13. The van der Waals surface area contributed by atoms with E-state index in [-0.39, 0.29) is 34.5 Å². The van der Waals surface area contributed by atoms with E-state index in [9.17, 15) is 33.7 Å². The third-order valence-corrected chi connectivity index (χ3v) is 8.14. The van der Waals surface area contributed by atoms with E-state index in [0.29, 0.717) is 23.2 Å². The van der Waals surface area contributed by atoms with Gasteiger partial charge in [-0.15, -0.1) is 0 Å². The topological polar surface area (TPSA) is 118 Å². The molecule has 1 saturated heterocycles. The summed E-state index contributed by atoms with van der Waals surface area (Å²) >= 11 is 0. The Morgan fingerprint density at radius 2 is 1.54 bits per heavy atom. The van der Waals surface area contributed by atoms with Crippen molar-refractivity contribution in [2.75, 3.05) is 4.90 Å². The van der Waals surface area contributed by atoms with Crippen molar-refractivity contribution in [2.24, 2.45) is 5.92 Å². The zero-order valence-electron chi connectivity index (χ0n) is 20.8. The number of halogens is 1. The molecule has 39 heavy (non-hydrogen) atoms. The molecule has 0 radical (unpaired) electrons. The number of carbonyl (C=O) groups excluding carboxylic acids is 1. The standard InChI is InChI=1S/C30H27FNO6P/c31-21-13-10-19(11-14-21)26(33)17-16-25-29(32(30(25)35)22-6-2-1-3-7-22)20-12-15-23(27(34)18-20)24-8-4-5-9-28(24)39(36,37)38/h1-15,18,25-26,29,33-34H,16-17H2,(H2,36,37,38)/t25-,26+,29-/m1/s1. The van der Waals surface area contributed by atoms with Crippen LogP contribution in [0.4, 0.5) is 10.1 Å². The predicted octanol–water partition coefficient (Wildman–Crippen LogP) is 5.22. The van der Waals surface area contributed by atoms with Gasteiger partial charge in [0, 0.05) is 16.8 Å². The van der Waals surface area contributed by atoms with Crippen molar-refractivity contribution >= 4 is 24.5 Å². The van der Waals surface area contributed by atoms with Crippen molar-refractivity contribution in [1.82, 2.24) is 0 Å². The maximum atomic E-state index is 13.3. The molecule has 4 aromatic rings. The minimum Gasteiger partial charge on any atom is -0.507 e. The minimum absolute atomic E-state index is 0.118. The van der Waals surface area contributed by atoms with Crippen LogP contribution in [0.15, 0.2) is 97.1 Å². The van der Waals surface area contributed by atoms with E-state index in [2.05, 4.69) is 0 Å². The van der Waals surface area contributed by atoms with Gasteiger partial charge in [0.2, 0.25) is 5.91 Å². The van der Waals surface area contributed by atoms with E-state index in [1.54, 1.807) is 23.1 Å². The summed E-state index contributed by atoms with van der Waals surface area (Å²) in [5.74, 6) is -1.17. The van der Waals surface area contributed by atoms with Crippen molar-refractivity contribution in [3.8, 4) is 16.9 Å². The van der Waals surface area contributed by atoms with Gasteiger partial charge < -0.3 is 24.9 Å². The van der Waals surface area contributed by atoms with E-state index < -0.39 is 31.5 Å². The van der Waals surface area contributed by atoms with Gasteiger partial charge in [-0.3, -0.25) is 9.36 Å². The number of amides is 1. The maximum absolute atomic E-state index is 13.3. The molecule has 1 aliphatic rings. The molecule has 5 rings (SSSR count). The molecule has 1 amide bonds. The first-order valence-electron chi connectivity index (χ1n) is 12.4. The van der Waals surface area contributed by atoms with Gasteiger partial charge in [-0.1, -0.05) is 60.7 Å². The second kappa shape index (κ2) is 10.8. The van der Waals surface area contributed by atoms with E-state index in [0.717, 1.165) is 0 Å². The van der Waals surface area contributed by atoms with Gasteiger partial charge in [0.05, 0.1) is 23.4 Å². The fourth-order valence-electron chi connectivity index (χ4n) is 5.19. The van der Waals surface area contributed by atoms with Gasteiger partial charge >= 0.3 is 7.60 Å². The van der Waals surface area contributed by atoms with Crippen molar-refractivity contribution in [3.63, 3.8) is 0 Å². The number of phenolic OH excluding ortho intramolecular Hbond substituents is 1. The molecule has 9 heteroatoms. The Labute approximate surface area is 225 Å². The van der Waals surface area contributed by atoms with Gasteiger partial charge in [0.25, 0.3) is 0 Å². The summed E-state index contributed by atoms with van der Waals surface area (Å²) in [4.78, 5) is 34.5. The number of para-hydroxylation sites is 1. The summed E-state index contributed by atoms with van der Waals surface area (Å²) in [7, 11) is -4.59. The Morgan fingerprint density at radius 1 is 0.872 bits per heavy atom. The van der Waals surface area contributed by atoms with E-state index in [1.807, 2.05) is 30.3 Å². The van der Waals surface area contributed by atoms with Crippen LogP contribution >= 0.6 is 7.60 Å². The summed E-state index contributed by atoms with van der Waals surface area (Å²) in [5, 5.41) is 21.4. The lowest BCUT2D eigenvalue weighted by Gasteiger charge is -2.48. The Bertz CT molecular complexity index is 1540. The number of rotatable bonds is 8. The molecule has 0 aliphatic carbocycles. The monoisotopic (exact) mass is 547 g/mol. The average Bonchev–Trinajstić information content (AvgIpc) is 2.92. The predicted molar refractivity (Wildman–Crippen MR) is 146 cm³/mol. The molecule has 3 atom stereocenters. The molecule has 1 fully saturated rings. The third kappa shape index (κ3) is 5.37. The highest BCUT2D eigenvalue weighted by atomic mass is 31.2. The molecule has 1 aliphatic heterocycles. The Morgan fingerprint density at radius 3 is 2.21 bits per heavy atom. The lowest BCUT2D eigenvalue weighted by atomic mass is 9.78. The molecule has 0 aromatic heterocycles. The highest BCUT2D eigenvalue weighted by molar-refractivity contribution is 7.60. The second-order valence-corrected chi connectivity index (χ2v) is 11.1. The zero-order valence-corrected chi connectivity index (χ0v) is 21.7. The first kappa shape index (κ1) is 26.8. The van der Waals surface area contributed by atoms with Gasteiger partial charge in [0.1, 0.15) is 11.6 Å². The normalized spacial score (nSPS) is 18.1. The summed E-state index contributed by atoms with van der Waals surface area (Å²) in [6.45, 7) is 0. The van der Waals surface area contributed by atoms with Gasteiger partial charge in [-0.05, 0) is 60.4 Å². The molecular weight excluding hydrogens is 520 g/mol. The Hall–Kier alpha value is -3.81. The average molecular weight is 548 g/mol. The number of aromatic hydroxyl groups is 1. The molecule has 4 aromatic carbocycles. The molecule has 7 nitrogen and oxygen atoms in total. The zero-order chi connectivity index (χ0) is 27.7. The smallest absolute Gasteiger partial charge is 0.356 e. The molecule has 0 unspecified atom stereocenters. The number of aliphatic hydroxyl groups excluding tert-OH is 1. The van der Waals surface area contributed by atoms with Gasteiger partial charge in [-0.25, -0.2) is 4.39 Å². The quantitative estimate of drug-likeness (QED) is 0.178. The van der Waals surface area contributed by atoms with Crippen LogP contribution in [0.2, 0.25) is 0 Å². The highest BCUT2D eigenvalue weighted by Crippen LogP contribution is 2.48. The molecule has 4 N–H and O–H groups in total. The fraction of sp³-hybridized carbons (Fsp3) is 0.167. The van der Waals surface area contributed by atoms with E-state index >= 15 is 0 Å². The maximum Gasteiger partial charge on any atom is 0.356 e. The summed E-state index contributed by atoms with van der Waals surface area (Å²) < 4.78 is 25.3. The number of carbonyl (C=O) groups is 1. The van der Waals surface area contributed by atoms with Crippen LogP contribution in [0.25, 0.3) is 11.1 Å². The fourth-order valence-corrected chi connectivity index (χ4v) is 5.98. The van der Waals surface area contributed by atoms with Gasteiger partial charge in [0.15, 0.2) is 0 Å². The van der Waals surface area contributed by atoms with Crippen LogP contribution in [0.5, 0.6) is 5.75 Å². The lowest BCUT2D eigenvalue weighted by molar-refractivity contribution is -0.131. The number of anilines is 1. The first-order valence-corrected chi connectivity index (χ1v) is 14.1. The second-order valence-electron chi connectivity index (χ2n) is 9.58. The van der Waals surface area contributed by atoms with Crippen LogP contribution in [-0.2, 0) is 9.36 Å². The van der Waals surface area contributed by atoms with E-state index in [1.165, 1.54) is 48.5 Å². The van der Waals surface area contributed by atoms with Crippen LogP contribution in [0.1, 0.15) is 36.1 Å². The molecular formula is C30H27FNO6P. The number of phenols is 1. The number of benzene rings is 4. The Kier molecular flexibility index (Phi) is 7.38. The first-order chi connectivity index (χ1) is 18.6. The molecule has 1 heterocycles. The van der Waals surface area contributed by atoms with Crippen LogP contribution in [0.3, 0.4) is 0 Å². The molecule has 0 saturated carbocycles. The van der Waals surface area contributed by atoms with Gasteiger partial charge in [-0.2, -0.15) is 0 Å². The Balaban J connectivity index is 1.46. The SMILES string of the molecule is O=C1[C@H](CC[C@H](O)c2ccc(F)cc2)[C@@H](c2ccc(-c3ccccc3P(=O)(O)O)c(O)c2)N1c1ccccc1.